The fourth-order valence-corrected chi connectivity index (χ4v) is 3.19. The van der Waals surface area contributed by atoms with Crippen molar-refractivity contribution < 1.29 is 14.3 Å². The van der Waals surface area contributed by atoms with Crippen molar-refractivity contribution in [3.05, 3.63) is 71.8 Å². The summed E-state index contributed by atoms with van der Waals surface area (Å²) in [5, 5.41) is 12.0. The molecule has 0 fully saturated rings. The highest BCUT2D eigenvalue weighted by Gasteiger charge is 2.11. The van der Waals surface area contributed by atoms with Gasteiger partial charge in [0.05, 0.1) is 12.8 Å². The van der Waals surface area contributed by atoms with Crippen LogP contribution in [0.4, 0.5) is 5.69 Å². The number of benzene rings is 3. The molecule has 0 unspecified atom stereocenters. The van der Waals surface area contributed by atoms with Gasteiger partial charge in [-0.2, -0.15) is 4.80 Å². The van der Waals surface area contributed by atoms with Crippen molar-refractivity contribution in [2.24, 2.45) is 0 Å². The van der Waals surface area contributed by atoms with Gasteiger partial charge in [-0.3, -0.25) is 4.79 Å². The minimum absolute atomic E-state index is 0.0680. The van der Waals surface area contributed by atoms with Crippen molar-refractivity contribution >= 4 is 22.6 Å². The van der Waals surface area contributed by atoms with Crippen LogP contribution < -0.4 is 14.8 Å². The van der Waals surface area contributed by atoms with Crippen LogP contribution in [0.2, 0.25) is 0 Å². The highest BCUT2D eigenvalue weighted by Crippen LogP contribution is 2.23. The van der Waals surface area contributed by atoms with Crippen LogP contribution in [0.5, 0.6) is 11.5 Å². The fraction of sp³-hybridized carbons (Fsp3) is 0.208. The zero-order valence-corrected chi connectivity index (χ0v) is 17.8. The molecule has 0 saturated heterocycles. The Bertz CT molecular complexity index is 1200. The number of aryl methyl sites for hydroxylation is 2. The molecular formula is C24H24N4O3. The highest BCUT2D eigenvalue weighted by atomic mass is 16.5. The first-order chi connectivity index (χ1) is 15.1. The summed E-state index contributed by atoms with van der Waals surface area (Å²) in [5.74, 6) is 1.20. The van der Waals surface area contributed by atoms with Crippen LogP contribution in [0.25, 0.3) is 16.7 Å². The van der Waals surface area contributed by atoms with E-state index in [1.165, 1.54) is 5.56 Å². The second-order valence-corrected chi connectivity index (χ2v) is 7.18. The van der Waals surface area contributed by atoms with Crippen LogP contribution in [0.3, 0.4) is 0 Å². The maximum atomic E-state index is 12.4. The van der Waals surface area contributed by atoms with E-state index in [1.54, 1.807) is 11.9 Å². The van der Waals surface area contributed by atoms with E-state index in [1.807, 2.05) is 67.6 Å². The summed E-state index contributed by atoms with van der Waals surface area (Å²) in [6.07, 6.45) is 0.964. The number of fused-ring (bicyclic) bond motifs is 1. The minimum atomic E-state index is -0.232. The first-order valence-corrected chi connectivity index (χ1v) is 10.1. The Hall–Kier alpha value is -3.87. The van der Waals surface area contributed by atoms with E-state index in [-0.39, 0.29) is 12.5 Å². The van der Waals surface area contributed by atoms with Gasteiger partial charge in [0, 0.05) is 5.69 Å². The van der Waals surface area contributed by atoms with Crippen LogP contribution >= 0.6 is 0 Å². The Morgan fingerprint density at radius 3 is 2.26 bits per heavy atom. The first-order valence-electron chi connectivity index (χ1n) is 10.1. The van der Waals surface area contributed by atoms with Crippen LogP contribution in [-0.4, -0.2) is 34.6 Å². The Kier molecular flexibility index (Phi) is 5.84. The molecule has 7 nitrogen and oxygen atoms in total. The molecule has 0 saturated carbocycles. The van der Waals surface area contributed by atoms with E-state index >= 15 is 0 Å². The summed E-state index contributed by atoms with van der Waals surface area (Å²) in [4.78, 5) is 14.0. The lowest BCUT2D eigenvalue weighted by Crippen LogP contribution is -2.20. The zero-order chi connectivity index (χ0) is 21.8. The Morgan fingerprint density at radius 2 is 1.61 bits per heavy atom. The number of nitrogens with one attached hydrogen (secondary N) is 1. The van der Waals surface area contributed by atoms with Gasteiger partial charge >= 0.3 is 0 Å². The smallest absolute Gasteiger partial charge is 0.262 e. The number of ether oxygens (including phenoxy) is 2. The van der Waals surface area contributed by atoms with E-state index in [9.17, 15) is 4.79 Å². The molecule has 7 heteroatoms. The molecule has 0 aliphatic rings. The van der Waals surface area contributed by atoms with Gasteiger partial charge in [-0.1, -0.05) is 19.1 Å². The molecule has 1 aromatic heterocycles. The monoisotopic (exact) mass is 416 g/mol. The Morgan fingerprint density at radius 1 is 0.968 bits per heavy atom. The van der Waals surface area contributed by atoms with Gasteiger partial charge < -0.3 is 14.8 Å². The van der Waals surface area contributed by atoms with E-state index in [4.69, 9.17) is 9.47 Å². The molecule has 0 aliphatic carbocycles. The number of nitrogens with zero attached hydrogens (tertiary/aromatic N) is 3. The quantitative estimate of drug-likeness (QED) is 0.486. The predicted octanol–water partition coefficient (Wildman–Crippen LogP) is 4.32. The van der Waals surface area contributed by atoms with Crippen LogP contribution in [0.15, 0.2) is 60.7 Å². The molecular weight excluding hydrogens is 392 g/mol. The van der Waals surface area contributed by atoms with Gasteiger partial charge in [0.2, 0.25) is 0 Å². The highest BCUT2D eigenvalue weighted by molar-refractivity contribution is 5.95. The number of carbonyl (C=O) groups is 1. The molecule has 0 spiro atoms. The summed E-state index contributed by atoms with van der Waals surface area (Å²) in [5.41, 5.74) is 5.07. The van der Waals surface area contributed by atoms with Crippen LogP contribution in [0.1, 0.15) is 18.1 Å². The third kappa shape index (κ3) is 4.66. The molecule has 4 rings (SSSR count). The number of methoxy groups -OCH3 is 1. The third-order valence-electron chi connectivity index (χ3n) is 5.01. The molecule has 0 aliphatic heterocycles. The summed E-state index contributed by atoms with van der Waals surface area (Å²) in [7, 11) is 1.63. The normalized spacial score (nSPS) is 10.8. The van der Waals surface area contributed by atoms with Gasteiger partial charge in [0.1, 0.15) is 22.5 Å². The zero-order valence-electron chi connectivity index (χ0n) is 17.8. The van der Waals surface area contributed by atoms with E-state index in [0.29, 0.717) is 17.0 Å². The molecule has 4 aromatic rings. The topological polar surface area (TPSA) is 78.3 Å². The maximum absolute atomic E-state index is 12.4. The van der Waals surface area contributed by atoms with Gasteiger partial charge in [0.25, 0.3) is 5.91 Å². The predicted molar refractivity (Wildman–Crippen MR) is 120 cm³/mol. The summed E-state index contributed by atoms with van der Waals surface area (Å²) in [6, 6.07) is 19.0. The van der Waals surface area contributed by atoms with Gasteiger partial charge in [-0.25, -0.2) is 0 Å². The number of hydrogen-bond donors (Lipinski definition) is 1. The van der Waals surface area contributed by atoms with Crippen molar-refractivity contribution in [2.45, 2.75) is 20.3 Å². The van der Waals surface area contributed by atoms with Gasteiger partial charge in [0.15, 0.2) is 6.61 Å². The summed E-state index contributed by atoms with van der Waals surface area (Å²) >= 11 is 0. The lowest BCUT2D eigenvalue weighted by Gasteiger charge is -2.10. The molecule has 1 N–H and O–H groups in total. The first kappa shape index (κ1) is 20.4. The van der Waals surface area contributed by atoms with Crippen molar-refractivity contribution in [1.29, 1.82) is 0 Å². The lowest BCUT2D eigenvalue weighted by molar-refractivity contribution is -0.118. The fourth-order valence-electron chi connectivity index (χ4n) is 3.19. The third-order valence-corrected chi connectivity index (χ3v) is 5.01. The number of hydrogen-bond acceptors (Lipinski definition) is 5. The summed E-state index contributed by atoms with van der Waals surface area (Å²) in [6.45, 7) is 3.95. The molecule has 1 amide bonds. The molecule has 31 heavy (non-hydrogen) atoms. The van der Waals surface area contributed by atoms with Crippen molar-refractivity contribution in [3.8, 4) is 17.2 Å². The van der Waals surface area contributed by atoms with Crippen molar-refractivity contribution in [3.63, 3.8) is 0 Å². The molecule has 3 aromatic carbocycles. The minimum Gasteiger partial charge on any atom is -0.497 e. The maximum Gasteiger partial charge on any atom is 0.262 e. The number of carbonyl (C=O) groups excluding carboxylic acids is 1. The van der Waals surface area contributed by atoms with Gasteiger partial charge in [-0.15, -0.1) is 10.2 Å². The number of aromatic nitrogens is 3. The van der Waals surface area contributed by atoms with E-state index in [2.05, 4.69) is 22.4 Å². The second-order valence-electron chi connectivity index (χ2n) is 7.18. The molecule has 1 heterocycles. The molecule has 0 radical (unpaired) electrons. The van der Waals surface area contributed by atoms with Crippen LogP contribution in [-0.2, 0) is 11.2 Å². The van der Waals surface area contributed by atoms with E-state index < -0.39 is 0 Å². The number of anilines is 1. The SMILES string of the molecule is CCc1ccc(OCC(=O)Nc2cc3nn(-c4ccc(OC)cc4)nc3cc2C)cc1. The molecule has 0 atom stereocenters. The van der Waals surface area contributed by atoms with Crippen molar-refractivity contribution in [1.82, 2.24) is 15.0 Å². The lowest BCUT2D eigenvalue weighted by atomic mass is 10.1. The average molecular weight is 416 g/mol. The van der Waals surface area contributed by atoms with Crippen molar-refractivity contribution in [2.75, 3.05) is 19.0 Å². The second kappa shape index (κ2) is 8.87. The van der Waals surface area contributed by atoms with E-state index in [0.717, 1.165) is 28.9 Å². The Balaban J connectivity index is 1.46. The number of rotatable bonds is 7. The molecule has 0 bridgehead atoms. The summed E-state index contributed by atoms with van der Waals surface area (Å²) < 4.78 is 10.8. The van der Waals surface area contributed by atoms with Gasteiger partial charge in [-0.05, 0) is 73.0 Å². The molecule has 158 valence electrons. The van der Waals surface area contributed by atoms with Crippen LogP contribution in [0, 0.1) is 6.92 Å². The average Bonchev–Trinajstić information content (AvgIpc) is 3.21. The standard InChI is InChI=1S/C24H24N4O3/c1-4-17-5-9-20(10-6-17)31-15-24(29)25-21-14-23-22(13-16(21)2)26-28(27-23)18-7-11-19(30-3)12-8-18/h5-14H,4,15H2,1-3H3,(H,25,29). The Labute approximate surface area is 180 Å². The number of amides is 1. The largest absolute Gasteiger partial charge is 0.497 e.